The van der Waals surface area contributed by atoms with Gasteiger partial charge in [0.05, 0.1) is 6.10 Å². The average molecular weight is 206 g/mol. The maximum absolute atomic E-state index is 12.7. The van der Waals surface area contributed by atoms with Crippen LogP contribution in [-0.4, -0.2) is 11.7 Å². The number of halogens is 3. The Morgan fingerprint density at radius 2 is 2.00 bits per heavy atom. The van der Waals surface area contributed by atoms with E-state index in [9.17, 15) is 13.2 Å². The minimum absolute atomic E-state index is 0.131. The lowest BCUT2D eigenvalue weighted by molar-refractivity contribution is -0.0515. The van der Waals surface area contributed by atoms with Gasteiger partial charge >= 0.3 is 6.61 Å². The number of ether oxygens (including phenoxy) is 1. The van der Waals surface area contributed by atoms with Gasteiger partial charge in [-0.2, -0.15) is 8.78 Å². The second-order valence-electron chi connectivity index (χ2n) is 2.74. The highest BCUT2D eigenvalue weighted by Gasteiger charge is 2.13. The molecule has 0 radical (unpaired) electrons. The zero-order valence-corrected chi connectivity index (χ0v) is 7.38. The maximum Gasteiger partial charge on any atom is 0.387 e. The number of hydrogen-bond acceptors (Lipinski definition) is 2. The summed E-state index contributed by atoms with van der Waals surface area (Å²) in [6, 6.07) is 3.09. The van der Waals surface area contributed by atoms with E-state index in [1.807, 2.05) is 0 Å². The van der Waals surface area contributed by atoms with Gasteiger partial charge in [0, 0.05) is 11.6 Å². The first kappa shape index (κ1) is 10.8. The third-order valence-corrected chi connectivity index (χ3v) is 1.64. The summed E-state index contributed by atoms with van der Waals surface area (Å²) in [7, 11) is 0. The largest absolute Gasteiger partial charge is 0.434 e. The van der Waals surface area contributed by atoms with Crippen LogP contribution in [0.15, 0.2) is 18.2 Å². The number of hydrogen-bond donors (Lipinski definition) is 1. The highest BCUT2D eigenvalue weighted by atomic mass is 19.3. The molecule has 1 aromatic rings. The van der Waals surface area contributed by atoms with Gasteiger partial charge < -0.3 is 9.84 Å². The SMILES string of the molecule is CC(O)c1ccc(F)cc1OC(F)F. The molecule has 2 nitrogen and oxygen atoms in total. The van der Waals surface area contributed by atoms with Crippen LogP contribution >= 0.6 is 0 Å². The van der Waals surface area contributed by atoms with Gasteiger partial charge in [-0.1, -0.05) is 0 Å². The van der Waals surface area contributed by atoms with E-state index in [4.69, 9.17) is 5.11 Å². The Kier molecular flexibility index (Phi) is 3.35. The van der Waals surface area contributed by atoms with Crippen molar-refractivity contribution in [1.29, 1.82) is 0 Å². The highest BCUT2D eigenvalue weighted by Crippen LogP contribution is 2.27. The quantitative estimate of drug-likeness (QED) is 0.823. The van der Waals surface area contributed by atoms with Gasteiger partial charge in [0.2, 0.25) is 0 Å². The first-order valence-electron chi connectivity index (χ1n) is 3.93. The minimum Gasteiger partial charge on any atom is -0.434 e. The fraction of sp³-hybridized carbons (Fsp3) is 0.333. The maximum atomic E-state index is 12.7. The number of alkyl halides is 2. The van der Waals surface area contributed by atoms with Crippen molar-refractivity contribution in [2.45, 2.75) is 19.6 Å². The Labute approximate surface area is 78.9 Å². The van der Waals surface area contributed by atoms with Crippen molar-refractivity contribution < 1.29 is 23.0 Å². The van der Waals surface area contributed by atoms with Crippen LogP contribution in [0.3, 0.4) is 0 Å². The summed E-state index contributed by atoms with van der Waals surface area (Å²) < 4.78 is 40.4. The molecule has 0 saturated carbocycles. The molecule has 0 aliphatic heterocycles. The second-order valence-corrected chi connectivity index (χ2v) is 2.74. The minimum atomic E-state index is -3.03. The molecule has 1 rings (SSSR count). The van der Waals surface area contributed by atoms with Gasteiger partial charge in [-0.3, -0.25) is 0 Å². The van der Waals surface area contributed by atoms with E-state index in [0.29, 0.717) is 0 Å². The smallest absolute Gasteiger partial charge is 0.387 e. The predicted molar refractivity (Wildman–Crippen MR) is 43.7 cm³/mol. The predicted octanol–water partition coefficient (Wildman–Crippen LogP) is 2.48. The van der Waals surface area contributed by atoms with Crippen LogP contribution in [0.25, 0.3) is 0 Å². The molecule has 78 valence electrons. The van der Waals surface area contributed by atoms with Gasteiger partial charge in [-0.25, -0.2) is 4.39 Å². The van der Waals surface area contributed by atoms with Crippen molar-refractivity contribution in [1.82, 2.24) is 0 Å². The Balaban J connectivity index is 3.03. The van der Waals surface area contributed by atoms with Gasteiger partial charge in [0.25, 0.3) is 0 Å². The van der Waals surface area contributed by atoms with E-state index >= 15 is 0 Å². The topological polar surface area (TPSA) is 29.5 Å². The first-order valence-corrected chi connectivity index (χ1v) is 3.93. The van der Waals surface area contributed by atoms with Crippen molar-refractivity contribution >= 4 is 0 Å². The van der Waals surface area contributed by atoms with Crippen LogP contribution in [0.4, 0.5) is 13.2 Å². The van der Waals surface area contributed by atoms with Crippen LogP contribution < -0.4 is 4.74 Å². The number of rotatable bonds is 3. The molecule has 5 heteroatoms. The van der Waals surface area contributed by atoms with Crippen LogP contribution in [0.2, 0.25) is 0 Å². The molecule has 1 aromatic carbocycles. The third-order valence-electron chi connectivity index (χ3n) is 1.64. The molecular formula is C9H9F3O2. The Bertz CT molecular complexity index is 313. The summed E-state index contributed by atoms with van der Waals surface area (Å²) in [6.45, 7) is -1.65. The average Bonchev–Trinajstić information content (AvgIpc) is 2.01. The van der Waals surface area contributed by atoms with Crippen LogP contribution in [0, 0.1) is 5.82 Å². The van der Waals surface area contributed by atoms with Gasteiger partial charge in [0.15, 0.2) is 0 Å². The molecule has 0 aromatic heterocycles. The van der Waals surface area contributed by atoms with Gasteiger partial charge in [-0.05, 0) is 19.1 Å². The van der Waals surface area contributed by atoms with E-state index in [0.717, 1.165) is 12.1 Å². The molecule has 0 fully saturated rings. The lowest BCUT2D eigenvalue weighted by atomic mass is 10.1. The van der Waals surface area contributed by atoms with Gasteiger partial charge in [-0.15, -0.1) is 0 Å². The van der Waals surface area contributed by atoms with Crippen LogP contribution in [0.1, 0.15) is 18.6 Å². The summed E-state index contributed by atoms with van der Waals surface area (Å²) in [5.41, 5.74) is 0.131. The summed E-state index contributed by atoms with van der Waals surface area (Å²) in [4.78, 5) is 0. The normalized spacial score (nSPS) is 13.0. The highest BCUT2D eigenvalue weighted by molar-refractivity contribution is 5.35. The van der Waals surface area contributed by atoms with Crippen molar-refractivity contribution in [2.24, 2.45) is 0 Å². The lowest BCUT2D eigenvalue weighted by Crippen LogP contribution is -2.06. The standard InChI is InChI=1S/C9H9F3O2/c1-5(13)7-3-2-6(10)4-8(7)14-9(11)12/h2-5,9,13H,1H3. The monoisotopic (exact) mass is 206 g/mol. The van der Waals surface area contributed by atoms with Crippen LogP contribution in [-0.2, 0) is 0 Å². The summed E-state index contributed by atoms with van der Waals surface area (Å²) in [6.07, 6.45) is -0.982. The zero-order valence-electron chi connectivity index (χ0n) is 7.38. The third kappa shape index (κ3) is 2.63. The van der Waals surface area contributed by atoms with E-state index in [1.165, 1.54) is 13.0 Å². The van der Waals surface area contributed by atoms with E-state index in [-0.39, 0.29) is 11.3 Å². The summed E-state index contributed by atoms with van der Waals surface area (Å²) >= 11 is 0. The first-order chi connectivity index (χ1) is 6.50. The molecule has 0 aliphatic carbocycles. The van der Waals surface area contributed by atoms with E-state index < -0.39 is 18.5 Å². The molecule has 0 aliphatic rings. The molecule has 1 unspecified atom stereocenters. The fourth-order valence-electron chi connectivity index (χ4n) is 1.05. The van der Waals surface area contributed by atoms with Crippen molar-refractivity contribution in [3.8, 4) is 5.75 Å². The Hall–Kier alpha value is -1.23. The molecular weight excluding hydrogens is 197 g/mol. The molecule has 0 saturated heterocycles. The van der Waals surface area contributed by atoms with Crippen molar-refractivity contribution in [2.75, 3.05) is 0 Å². The van der Waals surface area contributed by atoms with E-state index in [1.54, 1.807) is 0 Å². The van der Waals surface area contributed by atoms with Crippen molar-refractivity contribution in [3.63, 3.8) is 0 Å². The molecule has 0 bridgehead atoms. The Morgan fingerprint density at radius 1 is 1.36 bits per heavy atom. The summed E-state index contributed by atoms with van der Waals surface area (Å²) in [5.74, 6) is -1.03. The van der Waals surface area contributed by atoms with Crippen molar-refractivity contribution in [3.05, 3.63) is 29.6 Å². The number of benzene rings is 1. The Morgan fingerprint density at radius 3 is 2.50 bits per heavy atom. The molecule has 14 heavy (non-hydrogen) atoms. The second kappa shape index (κ2) is 4.32. The number of aliphatic hydroxyl groups excluding tert-OH is 1. The van der Waals surface area contributed by atoms with E-state index in [2.05, 4.69) is 4.74 Å². The zero-order chi connectivity index (χ0) is 10.7. The fourth-order valence-corrected chi connectivity index (χ4v) is 1.05. The van der Waals surface area contributed by atoms with Crippen LogP contribution in [0.5, 0.6) is 5.75 Å². The number of aliphatic hydroxyl groups is 1. The molecule has 0 heterocycles. The summed E-state index contributed by atoms with van der Waals surface area (Å²) in [5, 5.41) is 9.16. The molecule has 0 amide bonds. The van der Waals surface area contributed by atoms with Gasteiger partial charge in [0.1, 0.15) is 11.6 Å². The molecule has 0 spiro atoms. The molecule has 1 N–H and O–H groups in total. The molecule has 1 atom stereocenters. The lowest BCUT2D eigenvalue weighted by Gasteiger charge is -2.12.